The maximum Gasteiger partial charge on any atom is 0.150 e. The highest BCUT2D eigenvalue weighted by molar-refractivity contribution is 7.60. The molecule has 0 amide bonds. The van der Waals surface area contributed by atoms with Crippen LogP contribution in [0.4, 0.5) is 0 Å². The molecule has 12 rings (SSSR count). The summed E-state index contributed by atoms with van der Waals surface area (Å²) in [5.41, 5.74) is 5.24. The molecule has 4 aromatic rings. The van der Waals surface area contributed by atoms with Crippen LogP contribution in [0.25, 0.3) is 11.1 Å². The highest BCUT2D eigenvalue weighted by atomic mass is 31.1. The highest BCUT2D eigenvalue weighted by Gasteiger charge is 2.62. The first-order chi connectivity index (χ1) is 23.5. The van der Waals surface area contributed by atoms with Crippen LogP contribution in [0, 0.1) is 35.5 Å². The fraction of sp³-hybridized carbons (Fsp3) is 0.524. The summed E-state index contributed by atoms with van der Waals surface area (Å²) in [5.74, 6) is 7.37. The van der Waals surface area contributed by atoms with Gasteiger partial charge in [-0.05, 0) is 169 Å². The van der Waals surface area contributed by atoms with Gasteiger partial charge in [0.2, 0.25) is 0 Å². The Kier molecular flexibility index (Phi) is 7.26. The summed E-state index contributed by atoms with van der Waals surface area (Å²) in [4.78, 5) is 19.7. The Hall–Kier alpha value is -2.54. The summed E-state index contributed by atoms with van der Waals surface area (Å²) in [7, 11) is 2.96. The molecule has 1 atom stereocenters. The minimum absolute atomic E-state index is 0.241. The Morgan fingerprint density at radius 2 is 1.00 bits per heavy atom. The van der Waals surface area contributed by atoms with Crippen LogP contribution in [0.15, 0.2) is 85.5 Å². The quantitative estimate of drug-likeness (QED) is 0.175. The zero-order valence-electron chi connectivity index (χ0n) is 28.1. The van der Waals surface area contributed by atoms with Crippen molar-refractivity contribution in [2.45, 2.75) is 98.7 Å². The maximum atomic E-state index is 4.93. The average molecular weight is 671 g/mol. The van der Waals surface area contributed by atoms with Crippen LogP contribution in [0.1, 0.15) is 99.8 Å². The molecular formula is C42H48N4P2. The normalized spacial score (nSPS) is 35.2. The van der Waals surface area contributed by atoms with E-state index >= 15 is 0 Å². The van der Waals surface area contributed by atoms with Crippen LogP contribution in [0.3, 0.4) is 0 Å². The van der Waals surface area contributed by atoms with E-state index in [0.717, 1.165) is 47.2 Å². The number of benzene rings is 2. The van der Waals surface area contributed by atoms with E-state index in [-0.39, 0.29) is 7.92 Å². The fourth-order valence-corrected chi connectivity index (χ4v) is 18.8. The second-order valence-corrected chi connectivity index (χ2v) is 21.0. The van der Waals surface area contributed by atoms with Crippen molar-refractivity contribution in [3.05, 3.63) is 108 Å². The molecule has 8 saturated carbocycles. The molecule has 0 radical (unpaired) electrons. The van der Waals surface area contributed by atoms with E-state index in [2.05, 4.69) is 57.8 Å². The molecule has 8 aliphatic carbocycles. The third kappa shape index (κ3) is 4.90. The smallest absolute Gasteiger partial charge is 0.150 e. The lowest BCUT2D eigenvalue weighted by Crippen LogP contribution is -2.56. The monoisotopic (exact) mass is 670 g/mol. The number of nitrogens with zero attached hydrogens (tertiary/aromatic N) is 4. The second-order valence-electron chi connectivity index (χ2n) is 17.1. The van der Waals surface area contributed by atoms with Gasteiger partial charge >= 0.3 is 0 Å². The number of aromatic nitrogens is 4. The van der Waals surface area contributed by atoms with Crippen LogP contribution in [0.5, 0.6) is 0 Å². The van der Waals surface area contributed by atoms with Crippen LogP contribution in [-0.4, -0.2) is 30.2 Å². The largest absolute Gasteiger partial charge is 0.240 e. The number of hydrogen-bond donors (Lipinski definition) is 0. The van der Waals surface area contributed by atoms with Crippen molar-refractivity contribution in [3.63, 3.8) is 0 Å². The lowest BCUT2D eigenvalue weighted by Gasteiger charge is -2.67. The molecular weight excluding hydrogens is 622 g/mol. The SMILES string of the molecule is PC(c1ncccn1)(c1ncccn1)c1cc(-c2ccccc2)ccc1CP(C12CC3CC(CC(C3)C1)C2)C12CC3CC(CC(C3)C1)C2. The predicted molar refractivity (Wildman–Crippen MR) is 198 cm³/mol. The summed E-state index contributed by atoms with van der Waals surface area (Å²) in [6.07, 6.45) is 26.9. The molecule has 8 fully saturated rings. The van der Waals surface area contributed by atoms with Crippen molar-refractivity contribution in [2.24, 2.45) is 35.5 Å². The zero-order valence-corrected chi connectivity index (χ0v) is 30.1. The molecule has 0 aliphatic heterocycles. The predicted octanol–water partition coefficient (Wildman–Crippen LogP) is 10.0. The minimum atomic E-state index is -0.757. The maximum absolute atomic E-state index is 4.93. The van der Waals surface area contributed by atoms with E-state index in [1.165, 1.54) is 105 Å². The van der Waals surface area contributed by atoms with E-state index in [0.29, 0.717) is 10.3 Å². The van der Waals surface area contributed by atoms with Crippen molar-refractivity contribution in [3.8, 4) is 11.1 Å². The third-order valence-corrected chi connectivity index (χ3v) is 18.8. The van der Waals surface area contributed by atoms with Gasteiger partial charge in [-0.15, -0.1) is 9.24 Å². The summed E-state index contributed by atoms with van der Waals surface area (Å²) in [5, 5.41) is 0.356. The first kappa shape index (κ1) is 30.3. The first-order valence-corrected chi connectivity index (χ1v) is 20.9. The molecule has 2 aromatic heterocycles. The summed E-state index contributed by atoms with van der Waals surface area (Å²) >= 11 is 0. The average Bonchev–Trinajstić information content (AvgIpc) is 3.10. The topological polar surface area (TPSA) is 51.6 Å². The molecule has 6 heteroatoms. The molecule has 4 nitrogen and oxygen atoms in total. The Morgan fingerprint density at radius 1 is 0.562 bits per heavy atom. The molecule has 48 heavy (non-hydrogen) atoms. The van der Waals surface area contributed by atoms with E-state index < -0.39 is 5.16 Å². The van der Waals surface area contributed by atoms with E-state index in [1.54, 1.807) is 0 Å². The summed E-state index contributed by atoms with van der Waals surface area (Å²) in [6.45, 7) is 0. The van der Waals surface area contributed by atoms with Gasteiger partial charge in [0.05, 0.1) is 0 Å². The molecule has 2 aromatic carbocycles. The van der Waals surface area contributed by atoms with Crippen molar-refractivity contribution in [1.82, 2.24) is 19.9 Å². The van der Waals surface area contributed by atoms with Crippen LogP contribution >= 0.6 is 17.2 Å². The van der Waals surface area contributed by atoms with Crippen LogP contribution in [0.2, 0.25) is 0 Å². The van der Waals surface area contributed by atoms with Gasteiger partial charge in [-0.2, -0.15) is 0 Å². The molecule has 0 saturated heterocycles. The zero-order chi connectivity index (χ0) is 31.9. The number of rotatable bonds is 8. The Balaban J connectivity index is 1.17. The van der Waals surface area contributed by atoms with E-state index in [9.17, 15) is 0 Å². The molecule has 8 aliphatic rings. The standard InChI is InChI=1S/C42H48N4P2/c47-42(38-43-10-4-11-44-38,39-45-12-5-13-46-39)37-20-35(34-6-2-1-3-7-34)8-9-36(37)27-48(40-21-28-14-29(22-40)16-30(15-28)23-40)41-24-31-17-32(25-41)19-33(18-31)26-41/h1-13,20,28-33H,14-19,21-27,47H2. The fourth-order valence-electron chi connectivity index (χ4n) is 13.0. The van der Waals surface area contributed by atoms with Crippen molar-refractivity contribution in [2.75, 3.05) is 0 Å². The molecule has 1 unspecified atom stereocenters. The Bertz CT molecular complexity index is 1640. The van der Waals surface area contributed by atoms with Gasteiger partial charge in [0.1, 0.15) is 16.8 Å². The minimum Gasteiger partial charge on any atom is -0.240 e. The van der Waals surface area contributed by atoms with Gasteiger partial charge in [0.15, 0.2) is 0 Å². The van der Waals surface area contributed by atoms with Gasteiger partial charge in [-0.25, -0.2) is 19.9 Å². The Morgan fingerprint density at radius 3 is 1.44 bits per heavy atom. The van der Waals surface area contributed by atoms with Gasteiger partial charge < -0.3 is 0 Å². The van der Waals surface area contributed by atoms with Gasteiger partial charge in [0, 0.05) is 24.8 Å². The van der Waals surface area contributed by atoms with Gasteiger partial charge in [-0.3, -0.25) is 0 Å². The highest BCUT2D eigenvalue weighted by Crippen LogP contribution is 2.80. The van der Waals surface area contributed by atoms with Crippen molar-refractivity contribution < 1.29 is 0 Å². The van der Waals surface area contributed by atoms with Crippen molar-refractivity contribution >= 4 is 17.2 Å². The van der Waals surface area contributed by atoms with Gasteiger partial charge in [0.25, 0.3) is 0 Å². The molecule has 0 N–H and O–H groups in total. The van der Waals surface area contributed by atoms with Crippen LogP contribution in [-0.2, 0) is 11.3 Å². The molecule has 246 valence electrons. The van der Waals surface area contributed by atoms with Gasteiger partial charge in [-0.1, -0.05) is 50.4 Å². The summed E-state index contributed by atoms with van der Waals surface area (Å²) < 4.78 is 0. The Labute approximate surface area is 289 Å². The molecule has 8 bridgehead atoms. The van der Waals surface area contributed by atoms with E-state index in [4.69, 9.17) is 19.9 Å². The lowest BCUT2D eigenvalue weighted by molar-refractivity contribution is 0.0184. The van der Waals surface area contributed by atoms with E-state index in [1.807, 2.05) is 36.9 Å². The van der Waals surface area contributed by atoms with Crippen LogP contribution < -0.4 is 0 Å². The summed E-state index contributed by atoms with van der Waals surface area (Å²) in [6, 6.07) is 22.1. The second kappa shape index (κ2) is 11.5. The number of hydrogen-bond acceptors (Lipinski definition) is 4. The molecule has 2 heterocycles. The van der Waals surface area contributed by atoms with Crippen molar-refractivity contribution in [1.29, 1.82) is 0 Å². The lowest BCUT2D eigenvalue weighted by atomic mass is 9.55. The third-order valence-electron chi connectivity index (χ3n) is 14.0. The molecule has 0 spiro atoms. The first-order valence-electron chi connectivity index (χ1n) is 18.8.